The fourth-order valence-corrected chi connectivity index (χ4v) is 2.93. The Morgan fingerprint density at radius 3 is 2.57 bits per heavy atom. The summed E-state index contributed by atoms with van der Waals surface area (Å²) in [6.07, 6.45) is 2.83. The number of benzene rings is 2. The molecule has 2 aromatic carbocycles. The Morgan fingerprint density at radius 2 is 1.87 bits per heavy atom. The summed E-state index contributed by atoms with van der Waals surface area (Å²) in [5.41, 5.74) is 9.83. The number of aryl methyl sites for hydroxylation is 1. The van der Waals surface area contributed by atoms with Crippen molar-refractivity contribution in [2.24, 2.45) is 5.73 Å². The molecule has 23 heavy (non-hydrogen) atoms. The standard InChI is InChI=1S/C19H21FN2O/c1-23-15-8-5-13(6-9-15)19-16(4-2-3-11-21)17-12-14(20)7-10-18(17)22-19/h5-10,12,22H,2-4,11,21H2,1H3. The minimum absolute atomic E-state index is 0.210. The van der Waals surface area contributed by atoms with Crippen LogP contribution in [-0.2, 0) is 6.42 Å². The van der Waals surface area contributed by atoms with Crippen molar-refractivity contribution in [1.29, 1.82) is 0 Å². The lowest BCUT2D eigenvalue weighted by molar-refractivity contribution is 0.415. The maximum absolute atomic E-state index is 13.7. The molecule has 0 aliphatic carbocycles. The summed E-state index contributed by atoms with van der Waals surface area (Å²) in [6.45, 7) is 0.675. The maximum atomic E-state index is 13.7. The molecule has 0 saturated heterocycles. The molecule has 0 spiro atoms. The number of hydrogen-bond acceptors (Lipinski definition) is 2. The Bertz CT molecular complexity index is 793. The van der Waals surface area contributed by atoms with Crippen LogP contribution in [0, 0.1) is 5.82 Å². The van der Waals surface area contributed by atoms with Gasteiger partial charge in [-0.25, -0.2) is 4.39 Å². The van der Waals surface area contributed by atoms with Crippen LogP contribution in [0.4, 0.5) is 4.39 Å². The molecule has 0 aliphatic heterocycles. The fourth-order valence-electron chi connectivity index (χ4n) is 2.93. The molecule has 3 rings (SSSR count). The van der Waals surface area contributed by atoms with E-state index in [4.69, 9.17) is 10.5 Å². The molecule has 1 heterocycles. The van der Waals surface area contributed by atoms with Crippen LogP contribution in [0.3, 0.4) is 0 Å². The van der Waals surface area contributed by atoms with Gasteiger partial charge in [0.1, 0.15) is 11.6 Å². The Kier molecular flexibility index (Phi) is 4.63. The Labute approximate surface area is 135 Å². The van der Waals surface area contributed by atoms with E-state index in [0.717, 1.165) is 52.7 Å². The third-order valence-corrected chi connectivity index (χ3v) is 4.13. The normalized spacial score (nSPS) is 11.1. The molecule has 0 saturated carbocycles. The monoisotopic (exact) mass is 312 g/mol. The highest BCUT2D eigenvalue weighted by Gasteiger charge is 2.13. The van der Waals surface area contributed by atoms with Crippen LogP contribution in [0.1, 0.15) is 18.4 Å². The zero-order chi connectivity index (χ0) is 16.2. The van der Waals surface area contributed by atoms with Crippen molar-refractivity contribution in [2.75, 3.05) is 13.7 Å². The van der Waals surface area contributed by atoms with Crippen LogP contribution in [0.15, 0.2) is 42.5 Å². The van der Waals surface area contributed by atoms with E-state index in [2.05, 4.69) is 4.98 Å². The van der Waals surface area contributed by atoms with Crippen molar-refractivity contribution in [3.63, 3.8) is 0 Å². The second kappa shape index (κ2) is 6.84. The van der Waals surface area contributed by atoms with Gasteiger partial charge in [-0.3, -0.25) is 0 Å². The van der Waals surface area contributed by atoms with Crippen LogP contribution >= 0.6 is 0 Å². The van der Waals surface area contributed by atoms with Crippen molar-refractivity contribution in [3.05, 3.63) is 53.8 Å². The Morgan fingerprint density at radius 1 is 1.09 bits per heavy atom. The number of ether oxygens (including phenoxy) is 1. The minimum Gasteiger partial charge on any atom is -0.497 e. The van der Waals surface area contributed by atoms with E-state index in [1.54, 1.807) is 19.2 Å². The Balaban J connectivity index is 2.07. The molecule has 0 unspecified atom stereocenters. The number of methoxy groups -OCH3 is 1. The number of nitrogens with one attached hydrogen (secondary N) is 1. The smallest absolute Gasteiger partial charge is 0.123 e. The molecule has 1 aromatic heterocycles. The number of rotatable bonds is 6. The lowest BCUT2D eigenvalue weighted by Gasteiger charge is -2.06. The van der Waals surface area contributed by atoms with E-state index in [9.17, 15) is 4.39 Å². The predicted molar refractivity (Wildman–Crippen MR) is 92.2 cm³/mol. The van der Waals surface area contributed by atoms with Crippen LogP contribution in [0.25, 0.3) is 22.2 Å². The first-order chi connectivity index (χ1) is 11.2. The molecule has 4 heteroatoms. The van der Waals surface area contributed by atoms with Gasteiger partial charge in [-0.2, -0.15) is 0 Å². The van der Waals surface area contributed by atoms with Gasteiger partial charge in [0.15, 0.2) is 0 Å². The van der Waals surface area contributed by atoms with E-state index in [-0.39, 0.29) is 5.82 Å². The van der Waals surface area contributed by atoms with E-state index in [1.165, 1.54) is 6.07 Å². The average Bonchev–Trinajstić information content (AvgIpc) is 2.93. The third-order valence-electron chi connectivity index (χ3n) is 4.13. The molecule has 3 aromatic rings. The summed E-state index contributed by atoms with van der Waals surface area (Å²) in [4.78, 5) is 3.43. The fraction of sp³-hybridized carbons (Fsp3) is 0.263. The molecule has 120 valence electrons. The highest BCUT2D eigenvalue weighted by atomic mass is 19.1. The Hall–Kier alpha value is -2.33. The maximum Gasteiger partial charge on any atom is 0.123 e. The summed E-state index contributed by atoms with van der Waals surface area (Å²) in [5, 5.41) is 0.952. The number of H-pyrrole nitrogens is 1. The largest absolute Gasteiger partial charge is 0.497 e. The topological polar surface area (TPSA) is 51.0 Å². The van der Waals surface area contributed by atoms with Crippen LogP contribution in [0.5, 0.6) is 5.75 Å². The number of aromatic amines is 1. The predicted octanol–water partition coefficient (Wildman–Crippen LogP) is 4.26. The highest BCUT2D eigenvalue weighted by molar-refractivity contribution is 5.90. The van der Waals surface area contributed by atoms with Crippen molar-refractivity contribution in [2.45, 2.75) is 19.3 Å². The lowest BCUT2D eigenvalue weighted by atomic mass is 10.00. The number of fused-ring (bicyclic) bond motifs is 1. The van der Waals surface area contributed by atoms with Crippen LogP contribution in [0.2, 0.25) is 0 Å². The summed E-state index contributed by atoms with van der Waals surface area (Å²) in [6, 6.07) is 12.8. The van der Waals surface area contributed by atoms with Gasteiger partial charge in [0.05, 0.1) is 7.11 Å². The van der Waals surface area contributed by atoms with Gasteiger partial charge in [-0.15, -0.1) is 0 Å². The van der Waals surface area contributed by atoms with Crippen molar-refractivity contribution in [1.82, 2.24) is 4.98 Å². The van der Waals surface area contributed by atoms with Crippen LogP contribution < -0.4 is 10.5 Å². The molecule has 0 fully saturated rings. The zero-order valence-corrected chi connectivity index (χ0v) is 13.2. The van der Waals surface area contributed by atoms with Gasteiger partial charge in [-0.1, -0.05) is 0 Å². The van der Waals surface area contributed by atoms with E-state index in [0.29, 0.717) is 6.54 Å². The summed E-state index contributed by atoms with van der Waals surface area (Å²) < 4.78 is 18.9. The number of hydrogen-bond donors (Lipinski definition) is 2. The third kappa shape index (κ3) is 3.22. The molecule has 3 nitrogen and oxygen atoms in total. The second-order valence-electron chi connectivity index (χ2n) is 5.64. The number of nitrogens with two attached hydrogens (primary N) is 1. The summed E-state index contributed by atoms with van der Waals surface area (Å²) in [7, 11) is 1.65. The number of halogens is 1. The number of unbranched alkanes of at least 4 members (excludes halogenated alkanes) is 1. The molecular weight excluding hydrogens is 291 g/mol. The van der Waals surface area contributed by atoms with Gasteiger partial charge in [-0.05, 0) is 79.4 Å². The molecule has 0 bridgehead atoms. The zero-order valence-electron chi connectivity index (χ0n) is 13.2. The van der Waals surface area contributed by atoms with Gasteiger partial charge in [0, 0.05) is 16.6 Å². The highest BCUT2D eigenvalue weighted by Crippen LogP contribution is 2.32. The van der Waals surface area contributed by atoms with Gasteiger partial charge in [0.25, 0.3) is 0 Å². The van der Waals surface area contributed by atoms with Gasteiger partial charge < -0.3 is 15.5 Å². The quantitative estimate of drug-likeness (QED) is 0.668. The second-order valence-corrected chi connectivity index (χ2v) is 5.64. The molecular formula is C19H21FN2O. The van der Waals surface area contributed by atoms with Crippen LogP contribution in [-0.4, -0.2) is 18.6 Å². The number of aromatic nitrogens is 1. The van der Waals surface area contributed by atoms with Crippen molar-refractivity contribution in [3.8, 4) is 17.0 Å². The van der Waals surface area contributed by atoms with E-state index in [1.807, 2.05) is 24.3 Å². The molecule has 0 atom stereocenters. The minimum atomic E-state index is -0.210. The molecule has 0 amide bonds. The first-order valence-electron chi connectivity index (χ1n) is 7.87. The van der Waals surface area contributed by atoms with Crippen molar-refractivity contribution < 1.29 is 9.13 Å². The summed E-state index contributed by atoms with van der Waals surface area (Å²) >= 11 is 0. The first kappa shape index (κ1) is 15.6. The first-order valence-corrected chi connectivity index (χ1v) is 7.87. The summed E-state index contributed by atoms with van der Waals surface area (Å²) in [5.74, 6) is 0.610. The molecule has 0 aliphatic rings. The molecule has 3 N–H and O–H groups in total. The SMILES string of the molecule is COc1ccc(-c2[nH]c3ccc(F)cc3c2CCCCN)cc1. The molecule has 0 radical (unpaired) electrons. The van der Waals surface area contributed by atoms with E-state index >= 15 is 0 Å². The van der Waals surface area contributed by atoms with Crippen molar-refractivity contribution >= 4 is 10.9 Å². The van der Waals surface area contributed by atoms with Gasteiger partial charge >= 0.3 is 0 Å². The lowest BCUT2D eigenvalue weighted by Crippen LogP contribution is -1.99. The average molecular weight is 312 g/mol. The van der Waals surface area contributed by atoms with E-state index < -0.39 is 0 Å². The van der Waals surface area contributed by atoms with Gasteiger partial charge in [0.2, 0.25) is 0 Å².